The molecule has 6 heteroatoms. The van der Waals surface area contributed by atoms with E-state index in [1.54, 1.807) is 37.4 Å². The average molecular weight is 386 g/mol. The van der Waals surface area contributed by atoms with Crippen molar-refractivity contribution in [2.45, 2.75) is 36.2 Å². The molecule has 4 rings (SSSR count). The van der Waals surface area contributed by atoms with Crippen molar-refractivity contribution in [3.8, 4) is 5.75 Å². The molecule has 2 atom stereocenters. The molecule has 0 bridgehead atoms. The molecule has 0 saturated heterocycles. The Morgan fingerprint density at radius 3 is 2.70 bits per heavy atom. The molecule has 0 aromatic heterocycles. The molecule has 5 nitrogen and oxygen atoms in total. The highest BCUT2D eigenvalue weighted by molar-refractivity contribution is 7.91. The van der Waals surface area contributed by atoms with Crippen molar-refractivity contribution in [1.29, 1.82) is 0 Å². The van der Waals surface area contributed by atoms with Gasteiger partial charge >= 0.3 is 5.97 Å². The van der Waals surface area contributed by atoms with Gasteiger partial charge in [-0.15, -0.1) is 0 Å². The molecule has 1 spiro atoms. The Morgan fingerprint density at radius 2 is 1.96 bits per heavy atom. The highest BCUT2D eigenvalue weighted by Crippen LogP contribution is 2.51. The van der Waals surface area contributed by atoms with E-state index in [4.69, 9.17) is 9.47 Å². The number of hydrogen-bond acceptors (Lipinski definition) is 5. The summed E-state index contributed by atoms with van der Waals surface area (Å²) in [6.45, 7) is 0.220. The van der Waals surface area contributed by atoms with Crippen LogP contribution in [0.25, 0.3) is 0 Å². The molecule has 2 aromatic rings. The van der Waals surface area contributed by atoms with Crippen LogP contribution >= 0.6 is 0 Å². The van der Waals surface area contributed by atoms with Gasteiger partial charge in [-0.3, -0.25) is 4.79 Å². The molecular weight excluding hydrogens is 364 g/mol. The molecule has 0 amide bonds. The third kappa shape index (κ3) is 2.92. The zero-order valence-corrected chi connectivity index (χ0v) is 16.0. The van der Waals surface area contributed by atoms with Gasteiger partial charge in [-0.25, -0.2) is 8.42 Å². The summed E-state index contributed by atoms with van der Waals surface area (Å²) >= 11 is 0. The van der Waals surface area contributed by atoms with Crippen LogP contribution in [0.5, 0.6) is 5.75 Å². The first-order chi connectivity index (χ1) is 13.0. The van der Waals surface area contributed by atoms with Crippen molar-refractivity contribution in [3.05, 3.63) is 59.7 Å². The summed E-state index contributed by atoms with van der Waals surface area (Å²) in [7, 11) is -1.91. The van der Waals surface area contributed by atoms with E-state index in [9.17, 15) is 13.2 Å². The van der Waals surface area contributed by atoms with E-state index in [2.05, 4.69) is 0 Å². The molecule has 2 unspecified atom stereocenters. The van der Waals surface area contributed by atoms with Crippen LogP contribution in [0.4, 0.5) is 0 Å². The van der Waals surface area contributed by atoms with E-state index < -0.39 is 15.3 Å². The maximum atomic E-state index is 13.0. The highest BCUT2D eigenvalue weighted by Gasteiger charge is 2.55. The second-order valence-corrected chi connectivity index (χ2v) is 9.29. The summed E-state index contributed by atoms with van der Waals surface area (Å²) in [5.74, 6) is -0.0299. The molecule has 0 N–H and O–H groups in total. The average Bonchev–Trinajstić information content (AvgIpc) is 3.09. The SMILES string of the molecule is COc1ccc2c(c1)C1(CCCC1CS(=O)(=O)c1ccccc1)C(=O)OC2. The minimum atomic E-state index is -3.50. The lowest BCUT2D eigenvalue weighted by Gasteiger charge is -2.38. The summed E-state index contributed by atoms with van der Waals surface area (Å²) in [6, 6.07) is 14.1. The Kier molecular flexibility index (Phi) is 4.46. The van der Waals surface area contributed by atoms with Crippen LogP contribution in [0.3, 0.4) is 0 Å². The van der Waals surface area contributed by atoms with Gasteiger partial charge in [0.2, 0.25) is 0 Å². The van der Waals surface area contributed by atoms with E-state index in [1.807, 2.05) is 18.2 Å². The third-order valence-electron chi connectivity index (χ3n) is 5.86. The fourth-order valence-corrected chi connectivity index (χ4v) is 6.27. The number of benzene rings is 2. The van der Waals surface area contributed by atoms with Gasteiger partial charge in [0.05, 0.1) is 23.2 Å². The molecule has 1 aliphatic carbocycles. The predicted molar refractivity (Wildman–Crippen MR) is 100 cm³/mol. The topological polar surface area (TPSA) is 69.7 Å². The summed E-state index contributed by atoms with van der Waals surface area (Å²) in [6.07, 6.45) is 2.07. The first-order valence-electron chi connectivity index (χ1n) is 9.10. The van der Waals surface area contributed by atoms with Crippen LogP contribution in [0.15, 0.2) is 53.4 Å². The fourth-order valence-electron chi connectivity index (χ4n) is 4.52. The maximum Gasteiger partial charge on any atom is 0.317 e. The maximum absolute atomic E-state index is 13.0. The van der Waals surface area contributed by atoms with Gasteiger partial charge in [-0.1, -0.05) is 30.7 Å². The second-order valence-electron chi connectivity index (χ2n) is 7.25. The van der Waals surface area contributed by atoms with Crippen molar-refractivity contribution in [3.63, 3.8) is 0 Å². The number of sulfone groups is 1. The first-order valence-corrected chi connectivity index (χ1v) is 10.7. The number of cyclic esters (lactones) is 1. The third-order valence-corrected chi connectivity index (χ3v) is 7.70. The minimum Gasteiger partial charge on any atom is -0.497 e. The van der Waals surface area contributed by atoms with Crippen LogP contribution in [-0.2, 0) is 31.4 Å². The smallest absolute Gasteiger partial charge is 0.317 e. The number of rotatable bonds is 4. The van der Waals surface area contributed by atoms with Crippen molar-refractivity contribution < 1.29 is 22.7 Å². The number of fused-ring (bicyclic) bond motifs is 2. The number of methoxy groups -OCH3 is 1. The largest absolute Gasteiger partial charge is 0.497 e. The molecule has 2 aromatic carbocycles. The number of ether oxygens (including phenoxy) is 2. The number of carbonyl (C=O) groups is 1. The van der Waals surface area contributed by atoms with E-state index in [1.165, 1.54) is 0 Å². The summed E-state index contributed by atoms with van der Waals surface area (Å²) in [5, 5.41) is 0. The Balaban J connectivity index is 1.77. The van der Waals surface area contributed by atoms with Gasteiger partial charge < -0.3 is 9.47 Å². The normalized spacial score (nSPS) is 24.5. The van der Waals surface area contributed by atoms with Crippen molar-refractivity contribution in [1.82, 2.24) is 0 Å². The lowest BCUT2D eigenvalue weighted by Crippen LogP contribution is -2.46. The van der Waals surface area contributed by atoms with E-state index in [-0.39, 0.29) is 24.2 Å². The van der Waals surface area contributed by atoms with Crippen LogP contribution in [0, 0.1) is 5.92 Å². The number of hydrogen-bond donors (Lipinski definition) is 0. The Labute approximate surface area is 159 Å². The molecule has 142 valence electrons. The molecule has 1 saturated carbocycles. The standard InChI is InChI=1S/C21H22O5S/c1-25-17-10-9-15-13-26-20(22)21(19(15)12-17)11-5-6-16(21)14-27(23,24)18-7-3-2-4-8-18/h2-4,7-10,12,16H,5-6,11,13-14H2,1H3. The van der Waals surface area contributed by atoms with Gasteiger partial charge in [0, 0.05) is 0 Å². The van der Waals surface area contributed by atoms with Gasteiger partial charge in [0.1, 0.15) is 12.4 Å². The second kappa shape index (κ2) is 6.68. The zero-order chi connectivity index (χ0) is 19.1. The summed E-state index contributed by atoms with van der Waals surface area (Å²) < 4.78 is 36.8. The van der Waals surface area contributed by atoms with Crippen LogP contribution in [-0.4, -0.2) is 27.2 Å². The van der Waals surface area contributed by atoms with Crippen molar-refractivity contribution in [2.24, 2.45) is 5.92 Å². The van der Waals surface area contributed by atoms with Gasteiger partial charge in [0.25, 0.3) is 0 Å². The number of carbonyl (C=O) groups excluding carboxylic acids is 1. The Hall–Kier alpha value is -2.34. The summed E-state index contributed by atoms with van der Waals surface area (Å²) in [4.78, 5) is 13.2. The van der Waals surface area contributed by atoms with E-state index in [0.29, 0.717) is 23.5 Å². The first kappa shape index (κ1) is 18.0. The Morgan fingerprint density at radius 1 is 1.19 bits per heavy atom. The van der Waals surface area contributed by atoms with Crippen molar-refractivity contribution in [2.75, 3.05) is 12.9 Å². The summed E-state index contributed by atoms with van der Waals surface area (Å²) in [5.41, 5.74) is 0.882. The minimum absolute atomic E-state index is 0.0667. The Bertz CT molecular complexity index is 967. The van der Waals surface area contributed by atoms with Gasteiger partial charge in [-0.2, -0.15) is 0 Å². The lowest BCUT2D eigenvalue weighted by atomic mass is 9.70. The highest BCUT2D eigenvalue weighted by atomic mass is 32.2. The molecular formula is C21H22O5S. The van der Waals surface area contributed by atoms with Crippen LogP contribution < -0.4 is 4.74 Å². The molecule has 1 fully saturated rings. The zero-order valence-electron chi connectivity index (χ0n) is 15.2. The van der Waals surface area contributed by atoms with E-state index >= 15 is 0 Å². The molecule has 1 aliphatic heterocycles. The number of esters is 1. The van der Waals surface area contributed by atoms with Gasteiger partial charge in [0.15, 0.2) is 9.84 Å². The van der Waals surface area contributed by atoms with Crippen molar-refractivity contribution >= 4 is 15.8 Å². The van der Waals surface area contributed by atoms with E-state index in [0.717, 1.165) is 17.5 Å². The molecule has 0 radical (unpaired) electrons. The molecule has 1 heterocycles. The van der Waals surface area contributed by atoms with Crippen LogP contribution in [0.1, 0.15) is 30.4 Å². The molecule has 27 heavy (non-hydrogen) atoms. The quantitative estimate of drug-likeness (QED) is 0.755. The lowest BCUT2D eigenvalue weighted by molar-refractivity contribution is -0.155. The fraction of sp³-hybridized carbons (Fsp3) is 0.381. The monoisotopic (exact) mass is 386 g/mol. The molecule has 2 aliphatic rings. The predicted octanol–water partition coefficient (Wildman–Crippen LogP) is 3.26. The van der Waals surface area contributed by atoms with Gasteiger partial charge in [-0.05, 0) is 54.2 Å². The van der Waals surface area contributed by atoms with Crippen LogP contribution in [0.2, 0.25) is 0 Å².